The largest absolute Gasteiger partial charge is 0.493 e. The van der Waals surface area contributed by atoms with Crippen molar-refractivity contribution in [3.63, 3.8) is 0 Å². The third-order valence-electron chi connectivity index (χ3n) is 4.22. The van der Waals surface area contributed by atoms with Gasteiger partial charge in [0.05, 0.1) is 26.4 Å². The topological polar surface area (TPSA) is 27.7 Å². The molecule has 1 saturated heterocycles. The number of hydrogen-bond acceptors (Lipinski definition) is 3. The Morgan fingerprint density at radius 3 is 2.50 bits per heavy atom. The second kappa shape index (κ2) is 6.98. The quantitative estimate of drug-likeness (QED) is 0.809. The summed E-state index contributed by atoms with van der Waals surface area (Å²) in [5.41, 5.74) is 1.28. The molecule has 0 radical (unpaired) electrons. The second-order valence-corrected chi connectivity index (χ2v) is 5.55. The van der Waals surface area contributed by atoms with Gasteiger partial charge in [-0.3, -0.25) is 0 Å². The van der Waals surface area contributed by atoms with Crippen molar-refractivity contribution in [2.24, 2.45) is 0 Å². The van der Waals surface area contributed by atoms with E-state index in [1.54, 1.807) is 14.2 Å². The Labute approximate surface area is 122 Å². The van der Waals surface area contributed by atoms with Gasteiger partial charge in [-0.2, -0.15) is 0 Å². The number of ether oxygens (including phenoxy) is 3. The van der Waals surface area contributed by atoms with E-state index in [1.807, 2.05) is 6.07 Å². The molecule has 0 aromatic heterocycles. The highest BCUT2D eigenvalue weighted by molar-refractivity contribution is 5.44. The molecule has 0 N–H and O–H groups in total. The first-order valence-corrected chi connectivity index (χ1v) is 7.57. The van der Waals surface area contributed by atoms with Gasteiger partial charge in [-0.1, -0.05) is 19.4 Å². The summed E-state index contributed by atoms with van der Waals surface area (Å²) in [5.74, 6) is 2.03. The van der Waals surface area contributed by atoms with Crippen molar-refractivity contribution in [1.29, 1.82) is 0 Å². The van der Waals surface area contributed by atoms with E-state index in [0.717, 1.165) is 17.9 Å². The molecule has 1 aromatic carbocycles. The van der Waals surface area contributed by atoms with E-state index in [2.05, 4.69) is 26.0 Å². The number of rotatable bonds is 5. The lowest BCUT2D eigenvalue weighted by Crippen LogP contribution is -2.31. The van der Waals surface area contributed by atoms with Crippen molar-refractivity contribution < 1.29 is 14.2 Å². The SMILES string of the molecule is CCC[C@@H]1CC[C@H](c2ccc(OC)c(OC)c2)[C@@H](C)O1. The lowest BCUT2D eigenvalue weighted by molar-refractivity contribution is -0.0564. The highest BCUT2D eigenvalue weighted by Crippen LogP contribution is 2.38. The number of methoxy groups -OCH3 is 2. The molecule has 20 heavy (non-hydrogen) atoms. The van der Waals surface area contributed by atoms with Gasteiger partial charge in [0.25, 0.3) is 0 Å². The summed E-state index contributed by atoms with van der Waals surface area (Å²) in [6, 6.07) is 6.20. The van der Waals surface area contributed by atoms with Crippen LogP contribution >= 0.6 is 0 Å². The van der Waals surface area contributed by atoms with Gasteiger partial charge in [-0.25, -0.2) is 0 Å². The Kier molecular flexibility index (Phi) is 5.30. The summed E-state index contributed by atoms with van der Waals surface area (Å²) in [4.78, 5) is 0. The maximum absolute atomic E-state index is 6.15. The number of hydrogen-bond donors (Lipinski definition) is 0. The van der Waals surface area contributed by atoms with Gasteiger partial charge in [0.15, 0.2) is 11.5 Å². The molecule has 2 rings (SSSR count). The molecule has 1 heterocycles. The van der Waals surface area contributed by atoms with Gasteiger partial charge >= 0.3 is 0 Å². The molecule has 1 aliphatic rings. The van der Waals surface area contributed by atoms with Gasteiger partial charge in [-0.15, -0.1) is 0 Å². The lowest BCUT2D eigenvalue weighted by atomic mass is 9.85. The van der Waals surface area contributed by atoms with Crippen LogP contribution in [0.25, 0.3) is 0 Å². The predicted molar refractivity (Wildman–Crippen MR) is 80.8 cm³/mol. The third kappa shape index (κ3) is 3.26. The van der Waals surface area contributed by atoms with Crippen molar-refractivity contribution in [2.75, 3.05) is 14.2 Å². The van der Waals surface area contributed by atoms with Gasteiger partial charge in [0.2, 0.25) is 0 Å². The van der Waals surface area contributed by atoms with Crippen LogP contribution in [0.2, 0.25) is 0 Å². The molecular weight excluding hydrogens is 252 g/mol. The monoisotopic (exact) mass is 278 g/mol. The van der Waals surface area contributed by atoms with Gasteiger partial charge in [0.1, 0.15) is 0 Å². The molecular formula is C17H26O3. The van der Waals surface area contributed by atoms with Crippen molar-refractivity contribution in [1.82, 2.24) is 0 Å². The van der Waals surface area contributed by atoms with Crippen LogP contribution in [0.3, 0.4) is 0 Å². The Morgan fingerprint density at radius 2 is 1.90 bits per heavy atom. The maximum atomic E-state index is 6.15. The van der Waals surface area contributed by atoms with Gasteiger partial charge in [-0.05, 0) is 43.9 Å². The Hall–Kier alpha value is -1.22. The van der Waals surface area contributed by atoms with Crippen LogP contribution in [0.4, 0.5) is 0 Å². The van der Waals surface area contributed by atoms with Crippen LogP contribution in [-0.2, 0) is 4.74 Å². The standard InChI is InChI=1S/C17H26O3/c1-5-6-14-8-9-15(12(2)20-14)13-7-10-16(18-3)17(11-13)19-4/h7,10-12,14-15H,5-6,8-9H2,1-4H3/t12-,14-,15+/m1/s1. The molecule has 1 aromatic rings. The summed E-state index contributed by atoms with van der Waals surface area (Å²) in [5, 5.41) is 0. The zero-order chi connectivity index (χ0) is 14.5. The highest BCUT2D eigenvalue weighted by atomic mass is 16.5. The van der Waals surface area contributed by atoms with E-state index < -0.39 is 0 Å². The van der Waals surface area contributed by atoms with Crippen molar-refractivity contribution >= 4 is 0 Å². The van der Waals surface area contributed by atoms with E-state index in [9.17, 15) is 0 Å². The molecule has 0 amide bonds. The number of benzene rings is 1. The normalized spacial score (nSPS) is 26.3. The molecule has 0 saturated carbocycles. The van der Waals surface area contributed by atoms with E-state index in [0.29, 0.717) is 12.0 Å². The van der Waals surface area contributed by atoms with Gasteiger partial charge in [0, 0.05) is 5.92 Å². The minimum atomic E-state index is 0.262. The van der Waals surface area contributed by atoms with E-state index in [-0.39, 0.29) is 6.10 Å². The van der Waals surface area contributed by atoms with Crippen LogP contribution in [-0.4, -0.2) is 26.4 Å². The van der Waals surface area contributed by atoms with Crippen LogP contribution in [0, 0.1) is 0 Å². The molecule has 1 fully saturated rings. The zero-order valence-corrected chi connectivity index (χ0v) is 13.0. The zero-order valence-electron chi connectivity index (χ0n) is 13.0. The molecule has 0 aliphatic carbocycles. The van der Waals surface area contributed by atoms with Crippen LogP contribution in [0.1, 0.15) is 51.0 Å². The molecule has 3 nitrogen and oxygen atoms in total. The van der Waals surface area contributed by atoms with Crippen molar-refractivity contribution in [3.05, 3.63) is 23.8 Å². The summed E-state index contributed by atoms with van der Waals surface area (Å²) >= 11 is 0. The average Bonchev–Trinajstić information content (AvgIpc) is 2.47. The minimum absolute atomic E-state index is 0.262. The molecule has 0 bridgehead atoms. The molecule has 1 aliphatic heterocycles. The fourth-order valence-electron chi connectivity index (χ4n) is 3.12. The van der Waals surface area contributed by atoms with Crippen molar-refractivity contribution in [2.45, 2.75) is 57.7 Å². The van der Waals surface area contributed by atoms with E-state index in [1.165, 1.54) is 24.8 Å². The highest BCUT2D eigenvalue weighted by Gasteiger charge is 2.29. The molecule has 0 spiro atoms. The van der Waals surface area contributed by atoms with Crippen molar-refractivity contribution in [3.8, 4) is 11.5 Å². The fourth-order valence-corrected chi connectivity index (χ4v) is 3.12. The fraction of sp³-hybridized carbons (Fsp3) is 0.647. The van der Waals surface area contributed by atoms with E-state index in [4.69, 9.17) is 14.2 Å². The Balaban J connectivity index is 2.12. The first-order valence-electron chi connectivity index (χ1n) is 7.57. The van der Waals surface area contributed by atoms with E-state index >= 15 is 0 Å². The third-order valence-corrected chi connectivity index (χ3v) is 4.22. The first kappa shape index (κ1) is 15.2. The van der Waals surface area contributed by atoms with Crippen LogP contribution < -0.4 is 9.47 Å². The molecule has 112 valence electrons. The first-order chi connectivity index (χ1) is 9.69. The Morgan fingerprint density at radius 1 is 1.15 bits per heavy atom. The van der Waals surface area contributed by atoms with Crippen LogP contribution in [0.15, 0.2) is 18.2 Å². The summed E-state index contributed by atoms with van der Waals surface area (Å²) < 4.78 is 16.8. The minimum Gasteiger partial charge on any atom is -0.493 e. The predicted octanol–water partition coefficient (Wildman–Crippen LogP) is 4.16. The summed E-state index contributed by atoms with van der Waals surface area (Å²) in [7, 11) is 3.35. The smallest absolute Gasteiger partial charge is 0.160 e. The van der Waals surface area contributed by atoms with Crippen LogP contribution in [0.5, 0.6) is 11.5 Å². The lowest BCUT2D eigenvalue weighted by Gasteiger charge is -2.35. The summed E-state index contributed by atoms with van der Waals surface area (Å²) in [6.45, 7) is 4.40. The Bertz CT molecular complexity index is 430. The van der Waals surface area contributed by atoms with Gasteiger partial charge < -0.3 is 14.2 Å². The summed E-state index contributed by atoms with van der Waals surface area (Å²) in [6.07, 6.45) is 5.39. The molecule has 3 heteroatoms. The second-order valence-electron chi connectivity index (χ2n) is 5.55. The maximum Gasteiger partial charge on any atom is 0.160 e. The molecule has 0 unspecified atom stereocenters. The average molecular weight is 278 g/mol. The molecule has 3 atom stereocenters.